The highest BCUT2D eigenvalue weighted by Crippen LogP contribution is 2.38. The monoisotopic (exact) mass is 554 g/mol. The van der Waals surface area contributed by atoms with E-state index in [1.165, 1.54) is 22.2 Å². The number of hydrogen-bond donors (Lipinski definition) is 1. The van der Waals surface area contributed by atoms with Gasteiger partial charge in [0.05, 0.1) is 22.3 Å². The van der Waals surface area contributed by atoms with Crippen molar-refractivity contribution in [1.82, 2.24) is 19.8 Å². The van der Waals surface area contributed by atoms with Crippen LogP contribution in [0.2, 0.25) is 10.0 Å². The number of nitrogens with one attached hydrogen (secondary N) is 1. The normalized spacial score (nSPS) is 16.4. The highest BCUT2D eigenvalue weighted by atomic mass is 35.5. The van der Waals surface area contributed by atoms with Crippen LogP contribution in [-0.2, 0) is 16.8 Å². The zero-order valence-corrected chi connectivity index (χ0v) is 23.1. The molecular formula is C27H28Cl2N6O3. The number of carbonyl (C=O) groups excluding carboxylic acids is 2. The van der Waals surface area contributed by atoms with Crippen molar-refractivity contribution in [2.75, 3.05) is 44.1 Å². The smallest absolute Gasteiger partial charge is 0.268 e. The first kappa shape index (κ1) is 26.2. The minimum atomic E-state index is -0.346. The Labute approximate surface area is 231 Å². The number of benzene rings is 2. The summed E-state index contributed by atoms with van der Waals surface area (Å²) < 4.78 is 5.79. The van der Waals surface area contributed by atoms with Gasteiger partial charge < -0.3 is 15.0 Å². The number of para-hydroxylation sites is 1. The number of anilines is 3. The maximum Gasteiger partial charge on any atom is 0.268 e. The van der Waals surface area contributed by atoms with Gasteiger partial charge >= 0.3 is 0 Å². The molecule has 0 bridgehead atoms. The average molecular weight is 555 g/mol. The third kappa shape index (κ3) is 4.77. The number of rotatable bonds is 5. The van der Waals surface area contributed by atoms with Crippen LogP contribution in [0.4, 0.5) is 17.3 Å². The largest absolute Gasteiger partial charge is 0.455 e. The maximum absolute atomic E-state index is 13.1. The van der Waals surface area contributed by atoms with E-state index in [1.54, 1.807) is 37.2 Å². The number of nitrogens with zero attached hydrogens (tertiary/aromatic N) is 5. The fourth-order valence-corrected chi connectivity index (χ4v) is 5.42. The minimum absolute atomic E-state index is 0.0769. The minimum Gasteiger partial charge on any atom is -0.455 e. The Morgan fingerprint density at radius 2 is 1.92 bits per heavy atom. The molecule has 3 aromatic rings. The summed E-state index contributed by atoms with van der Waals surface area (Å²) in [6.45, 7) is 5.36. The molecule has 2 aromatic carbocycles. The Morgan fingerprint density at radius 3 is 2.63 bits per heavy atom. The van der Waals surface area contributed by atoms with E-state index in [9.17, 15) is 9.59 Å². The summed E-state index contributed by atoms with van der Waals surface area (Å²) in [6.07, 6.45) is 2.25. The van der Waals surface area contributed by atoms with Crippen LogP contribution in [0.3, 0.4) is 0 Å². The lowest BCUT2D eigenvalue weighted by Crippen LogP contribution is -2.50. The molecular weight excluding hydrogens is 527 g/mol. The number of ether oxygens (including phenoxy) is 1. The van der Waals surface area contributed by atoms with Crippen molar-refractivity contribution in [1.29, 1.82) is 0 Å². The van der Waals surface area contributed by atoms with Crippen LogP contribution in [0.25, 0.3) is 0 Å². The molecule has 1 N–H and O–H groups in total. The van der Waals surface area contributed by atoms with Crippen molar-refractivity contribution in [3.63, 3.8) is 0 Å². The van der Waals surface area contributed by atoms with Gasteiger partial charge in [-0.15, -0.1) is 0 Å². The van der Waals surface area contributed by atoms with Gasteiger partial charge in [0, 0.05) is 38.1 Å². The van der Waals surface area contributed by atoms with Crippen LogP contribution in [0, 0.1) is 0 Å². The number of carbonyl (C=O) groups is 2. The average Bonchev–Trinajstić information content (AvgIpc) is 2.86. The molecule has 0 fully saturated rings. The van der Waals surface area contributed by atoms with Crippen LogP contribution >= 0.6 is 23.2 Å². The van der Waals surface area contributed by atoms with Gasteiger partial charge in [-0.05, 0) is 55.7 Å². The van der Waals surface area contributed by atoms with E-state index < -0.39 is 0 Å². The number of fused-ring (bicyclic) bond motifs is 2. The predicted molar refractivity (Wildman–Crippen MR) is 148 cm³/mol. The molecule has 9 nitrogen and oxygen atoms in total. The third-order valence-corrected chi connectivity index (χ3v) is 7.66. The highest BCUT2D eigenvalue weighted by Gasteiger charge is 2.36. The van der Waals surface area contributed by atoms with E-state index in [-0.39, 0.29) is 35.5 Å². The van der Waals surface area contributed by atoms with Crippen molar-refractivity contribution in [2.45, 2.75) is 25.8 Å². The van der Waals surface area contributed by atoms with E-state index in [0.29, 0.717) is 28.2 Å². The summed E-state index contributed by atoms with van der Waals surface area (Å²) in [5.74, 6) is 0.241. The number of halogens is 2. The first-order chi connectivity index (χ1) is 18.1. The molecule has 2 amide bonds. The summed E-state index contributed by atoms with van der Waals surface area (Å²) >= 11 is 12.6. The van der Waals surface area contributed by atoms with Gasteiger partial charge in [0.2, 0.25) is 17.7 Å². The highest BCUT2D eigenvalue weighted by molar-refractivity contribution is 6.40. The van der Waals surface area contributed by atoms with Crippen molar-refractivity contribution >= 4 is 52.3 Å². The van der Waals surface area contributed by atoms with Gasteiger partial charge in [-0.1, -0.05) is 35.3 Å². The van der Waals surface area contributed by atoms with Gasteiger partial charge in [0.1, 0.15) is 5.56 Å². The second-order valence-corrected chi connectivity index (χ2v) is 10.8. The van der Waals surface area contributed by atoms with Crippen LogP contribution in [0.15, 0.2) is 42.6 Å². The molecule has 5 rings (SSSR count). The van der Waals surface area contributed by atoms with Gasteiger partial charge in [-0.3, -0.25) is 19.4 Å². The summed E-state index contributed by atoms with van der Waals surface area (Å²) in [4.78, 5) is 39.4. The van der Waals surface area contributed by atoms with E-state index in [1.807, 2.05) is 6.07 Å². The first-order valence-corrected chi connectivity index (χ1v) is 12.9. The van der Waals surface area contributed by atoms with Gasteiger partial charge in [-0.25, -0.2) is 4.98 Å². The molecule has 0 saturated carbocycles. The fourth-order valence-electron chi connectivity index (χ4n) is 4.82. The number of aromatic nitrogens is 2. The Bertz CT molecular complexity index is 1410. The Morgan fingerprint density at radius 1 is 1.18 bits per heavy atom. The Hall–Kier alpha value is -3.40. The summed E-state index contributed by atoms with van der Waals surface area (Å²) in [6, 6.07) is 11.2. The van der Waals surface area contributed by atoms with Crippen LogP contribution in [0.1, 0.15) is 35.3 Å². The van der Waals surface area contributed by atoms with Crippen molar-refractivity contribution < 1.29 is 14.3 Å². The molecule has 0 atom stereocenters. The van der Waals surface area contributed by atoms with Crippen LogP contribution < -0.4 is 15.0 Å². The summed E-state index contributed by atoms with van der Waals surface area (Å²) in [7, 11) is 3.55. The zero-order valence-electron chi connectivity index (χ0n) is 21.6. The summed E-state index contributed by atoms with van der Waals surface area (Å²) in [5.41, 5.74) is 3.52. The van der Waals surface area contributed by atoms with E-state index in [0.717, 1.165) is 18.7 Å². The van der Waals surface area contributed by atoms with Crippen LogP contribution in [0.5, 0.6) is 5.88 Å². The first-order valence-electron chi connectivity index (χ1n) is 12.2. The number of likely N-dealkylation sites (N-methyl/N-ethyl adjacent to an activating group) is 1. The molecule has 0 radical (unpaired) electrons. The van der Waals surface area contributed by atoms with E-state index in [2.05, 4.69) is 46.2 Å². The van der Waals surface area contributed by atoms with Crippen molar-refractivity contribution in [3.05, 3.63) is 69.3 Å². The van der Waals surface area contributed by atoms with Gasteiger partial charge in [-0.2, -0.15) is 4.98 Å². The molecule has 3 heterocycles. The SMILES string of the molecule is CN(C)C(=O)CN1CCc2cc(Nc3ncc4c(n3)OCN(c3c(Cl)cccc3Cl)C4=O)ccc2C1(C)C. The maximum atomic E-state index is 13.1. The fraction of sp³-hybridized carbons (Fsp3) is 0.333. The predicted octanol–water partition coefficient (Wildman–Crippen LogP) is 4.71. The molecule has 38 heavy (non-hydrogen) atoms. The second kappa shape index (κ2) is 10.1. The molecule has 11 heteroatoms. The van der Waals surface area contributed by atoms with Crippen LogP contribution in [-0.4, -0.2) is 65.5 Å². The zero-order chi connectivity index (χ0) is 27.2. The number of hydrogen-bond acceptors (Lipinski definition) is 7. The van der Waals surface area contributed by atoms with Crippen molar-refractivity contribution in [3.8, 4) is 5.88 Å². The third-order valence-electron chi connectivity index (χ3n) is 7.05. The number of amides is 2. The van der Waals surface area contributed by atoms with E-state index in [4.69, 9.17) is 27.9 Å². The topological polar surface area (TPSA) is 90.9 Å². The van der Waals surface area contributed by atoms with Gasteiger partial charge in [0.15, 0.2) is 6.73 Å². The molecule has 0 aliphatic carbocycles. The molecule has 198 valence electrons. The molecule has 2 aliphatic heterocycles. The van der Waals surface area contributed by atoms with E-state index >= 15 is 0 Å². The lowest BCUT2D eigenvalue weighted by atomic mass is 9.83. The molecule has 1 aromatic heterocycles. The van der Waals surface area contributed by atoms with Crippen molar-refractivity contribution in [2.24, 2.45) is 0 Å². The molecule has 2 aliphatic rings. The molecule has 0 unspecified atom stereocenters. The summed E-state index contributed by atoms with van der Waals surface area (Å²) in [5, 5.41) is 3.92. The van der Waals surface area contributed by atoms with Gasteiger partial charge in [0.25, 0.3) is 5.91 Å². The second-order valence-electron chi connectivity index (χ2n) is 10.0. The quantitative estimate of drug-likeness (QED) is 0.488. The lowest BCUT2D eigenvalue weighted by Gasteiger charge is -2.44. The standard InChI is InChI=1S/C27H28Cl2N6O3/c1-27(2)19-9-8-17(12-16(19)10-11-34(27)14-22(36)33(3)4)31-26-30-13-18-24(32-26)38-15-35(25(18)37)23-20(28)6-5-7-21(23)29/h5-9,12-13H,10-11,14-15H2,1-4H3,(H,30,31,32). The lowest BCUT2D eigenvalue weighted by molar-refractivity contribution is -0.131. The Balaban J connectivity index is 1.34. The Kier molecular flexibility index (Phi) is 6.94. The molecule has 0 spiro atoms. The molecule has 0 saturated heterocycles.